The van der Waals surface area contributed by atoms with E-state index in [0.29, 0.717) is 28.8 Å². The molecule has 0 atom stereocenters. The molecular formula is C23H28N2O2. The number of hydrogen-bond donors (Lipinski definition) is 0. The van der Waals surface area contributed by atoms with Crippen molar-refractivity contribution in [1.29, 1.82) is 0 Å². The fourth-order valence-corrected chi connectivity index (χ4v) is 3.84. The molecule has 1 aromatic carbocycles. The molecule has 0 fully saturated rings. The summed E-state index contributed by atoms with van der Waals surface area (Å²) in [5, 5.41) is 0. The maximum atomic E-state index is 12.6. The van der Waals surface area contributed by atoms with Gasteiger partial charge in [-0.15, -0.1) is 0 Å². The van der Waals surface area contributed by atoms with Gasteiger partial charge >= 0.3 is 0 Å². The highest BCUT2D eigenvalue weighted by molar-refractivity contribution is 6.40. The minimum atomic E-state index is -0.169. The van der Waals surface area contributed by atoms with Crippen LogP contribution in [0.3, 0.4) is 0 Å². The zero-order valence-corrected chi connectivity index (χ0v) is 16.6. The molecule has 1 aliphatic heterocycles. The van der Waals surface area contributed by atoms with Crippen LogP contribution in [0.25, 0.3) is 0 Å². The number of Topliss-reactive ketones (excluding diaryl/α,β-unsaturated/α-hetero) is 2. The molecule has 0 spiro atoms. The van der Waals surface area contributed by atoms with Crippen molar-refractivity contribution in [1.82, 2.24) is 9.80 Å². The summed E-state index contributed by atoms with van der Waals surface area (Å²) in [7, 11) is 0. The third-order valence-electron chi connectivity index (χ3n) is 5.21. The molecular weight excluding hydrogens is 336 g/mol. The van der Waals surface area contributed by atoms with E-state index in [1.54, 1.807) is 24.3 Å². The molecule has 0 saturated carbocycles. The zero-order chi connectivity index (χ0) is 19.6. The number of fused-ring (bicyclic) bond motifs is 1. The molecule has 4 nitrogen and oxygen atoms in total. The summed E-state index contributed by atoms with van der Waals surface area (Å²) in [5.74, 6) is -0.337. The molecule has 4 heteroatoms. The minimum Gasteiger partial charge on any atom is -0.354 e. The van der Waals surface area contributed by atoms with E-state index >= 15 is 0 Å². The first-order valence-electron chi connectivity index (χ1n) is 9.70. The predicted octanol–water partition coefficient (Wildman–Crippen LogP) is 4.21. The van der Waals surface area contributed by atoms with Crippen LogP contribution in [0.1, 0.15) is 54.8 Å². The summed E-state index contributed by atoms with van der Waals surface area (Å²) in [6.07, 6.45) is 8.72. The summed E-state index contributed by atoms with van der Waals surface area (Å²) in [6.45, 7) is 10.9. The molecule has 1 aromatic rings. The van der Waals surface area contributed by atoms with E-state index in [9.17, 15) is 9.59 Å². The predicted molar refractivity (Wildman–Crippen MR) is 109 cm³/mol. The van der Waals surface area contributed by atoms with E-state index in [0.717, 1.165) is 19.5 Å². The van der Waals surface area contributed by atoms with Gasteiger partial charge < -0.3 is 4.90 Å². The van der Waals surface area contributed by atoms with Gasteiger partial charge in [0.2, 0.25) is 0 Å². The highest BCUT2D eigenvalue weighted by atomic mass is 16.2. The number of carbonyl (C=O) groups is 2. The molecule has 2 aliphatic rings. The molecule has 0 bridgehead atoms. The summed E-state index contributed by atoms with van der Waals surface area (Å²) in [6, 6.07) is 8.11. The number of hydrogen-bond acceptors (Lipinski definition) is 4. The fraction of sp³-hybridized carbons (Fsp3) is 0.391. The number of nitrogens with zero attached hydrogens (tertiary/aromatic N) is 2. The quantitative estimate of drug-likeness (QED) is 0.560. The smallest absolute Gasteiger partial charge is 0.198 e. The Balaban J connectivity index is 1.64. The Morgan fingerprint density at radius 1 is 0.889 bits per heavy atom. The highest BCUT2D eigenvalue weighted by Gasteiger charge is 2.34. The maximum absolute atomic E-state index is 12.6. The Morgan fingerprint density at radius 2 is 1.41 bits per heavy atom. The van der Waals surface area contributed by atoms with E-state index < -0.39 is 0 Å². The van der Waals surface area contributed by atoms with Crippen molar-refractivity contribution in [2.75, 3.05) is 13.1 Å². The van der Waals surface area contributed by atoms with Crippen LogP contribution >= 0.6 is 0 Å². The number of carbonyl (C=O) groups excluding carboxylic acids is 2. The van der Waals surface area contributed by atoms with Gasteiger partial charge in [0.05, 0.1) is 5.57 Å². The number of allylic oxidation sites excluding steroid dienone is 4. The third-order valence-corrected chi connectivity index (χ3v) is 5.21. The van der Waals surface area contributed by atoms with Gasteiger partial charge in [-0.05, 0) is 51.8 Å². The van der Waals surface area contributed by atoms with Crippen LogP contribution in [0.15, 0.2) is 60.0 Å². The largest absolute Gasteiger partial charge is 0.354 e. The lowest BCUT2D eigenvalue weighted by atomic mass is 10.0. The number of ketones is 2. The van der Waals surface area contributed by atoms with Crippen molar-refractivity contribution in [3.63, 3.8) is 0 Å². The Hall–Kier alpha value is -2.46. The van der Waals surface area contributed by atoms with Crippen molar-refractivity contribution in [3.05, 3.63) is 71.1 Å². The standard InChI is InChI=1S/C23H28N2O2/c1-16(2)25(17(3)4)13-7-12-24-14-10-18(11-15-24)21-22(26)19-8-5-6-9-20(19)23(21)27/h5-6,8-11,14-17H,7,12-13H2,1-4H3. The first-order chi connectivity index (χ1) is 12.9. The molecule has 0 unspecified atom stereocenters. The van der Waals surface area contributed by atoms with Crippen molar-refractivity contribution in [3.8, 4) is 0 Å². The Morgan fingerprint density at radius 3 is 1.89 bits per heavy atom. The second-order valence-corrected chi connectivity index (χ2v) is 7.68. The molecule has 0 amide bonds. The van der Waals surface area contributed by atoms with Crippen LogP contribution in [-0.2, 0) is 0 Å². The molecule has 0 N–H and O–H groups in total. The van der Waals surface area contributed by atoms with E-state index in [-0.39, 0.29) is 17.1 Å². The first-order valence-corrected chi connectivity index (χ1v) is 9.70. The average molecular weight is 364 g/mol. The van der Waals surface area contributed by atoms with Gasteiger partial charge in [0.25, 0.3) is 0 Å². The lowest BCUT2D eigenvalue weighted by Crippen LogP contribution is -2.38. The summed E-state index contributed by atoms with van der Waals surface area (Å²) in [4.78, 5) is 29.8. The summed E-state index contributed by atoms with van der Waals surface area (Å²) < 4.78 is 0. The molecule has 3 rings (SSSR count). The molecule has 0 saturated heterocycles. The molecule has 142 valence electrons. The molecule has 0 aromatic heterocycles. The van der Waals surface area contributed by atoms with Gasteiger partial charge in [-0.1, -0.05) is 24.3 Å². The van der Waals surface area contributed by atoms with Crippen LogP contribution < -0.4 is 0 Å². The van der Waals surface area contributed by atoms with Gasteiger partial charge in [-0.25, -0.2) is 0 Å². The normalized spacial score (nSPS) is 16.5. The highest BCUT2D eigenvalue weighted by Crippen LogP contribution is 2.30. The Bertz CT molecular complexity index is 770. The molecule has 1 aliphatic carbocycles. The SMILES string of the molecule is CC(C)N(CCCN1C=CC(=C2C(=O)c3ccccc3C2=O)C=C1)C(C)C. The van der Waals surface area contributed by atoms with E-state index in [4.69, 9.17) is 0 Å². The van der Waals surface area contributed by atoms with Gasteiger partial charge in [0, 0.05) is 48.7 Å². The van der Waals surface area contributed by atoms with E-state index in [1.165, 1.54) is 0 Å². The molecule has 27 heavy (non-hydrogen) atoms. The Labute approximate surface area is 161 Å². The van der Waals surface area contributed by atoms with Crippen LogP contribution in [0.5, 0.6) is 0 Å². The van der Waals surface area contributed by atoms with Crippen LogP contribution in [0.4, 0.5) is 0 Å². The van der Waals surface area contributed by atoms with Crippen LogP contribution in [0.2, 0.25) is 0 Å². The van der Waals surface area contributed by atoms with Crippen molar-refractivity contribution in [2.45, 2.75) is 46.2 Å². The van der Waals surface area contributed by atoms with E-state index in [1.807, 2.05) is 24.6 Å². The Kier molecular flexibility index (Phi) is 5.76. The molecule has 1 heterocycles. The van der Waals surface area contributed by atoms with Crippen LogP contribution in [0, 0.1) is 0 Å². The topological polar surface area (TPSA) is 40.6 Å². The fourth-order valence-electron chi connectivity index (χ4n) is 3.84. The van der Waals surface area contributed by atoms with E-state index in [2.05, 4.69) is 37.5 Å². The summed E-state index contributed by atoms with van der Waals surface area (Å²) >= 11 is 0. The molecule has 0 radical (unpaired) electrons. The third kappa shape index (κ3) is 3.96. The second kappa shape index (κ2) is 8.05. The van der Waals surface area contributed by atoms with Crippen molar-refractivity contribution >= 4 is 11.6 Å². The van der Waals surface area contributed by atoms with Gasteiger partial charge in [0.15, 0.2) is 11.6 Å². The van der Waals surface area contributed by atoms with Crippen molar-refractivity contribution < 1.29 is 9.59 Å². The van der Waals surface area contributed by atoms with Crippen molar-refractivity contribution in [2.24, 2.45) is 0 Å². The maximum Gasteiger partial charge on any atom is 0.198 e. The average Bonchev–Trinajstić information content (AvgIpc) is 2.90. The monoisotopic (exact) mass is 364 g/mol. The lowest BCUT2D eigenvalue weighted by Gasteiger charge is -2.31. The number of rotatable bonds is 6. The first kappa shape index (κ1) is 19.3. The van der Waals surface area contributed by atoms with Crippen LogP contribution in [-0.4, -0.2) is 46.5 Å². The van der Waals surface area contributed by atoms with Gasteiger partial charge in [-0.3, -0.25) is 14.5 Å². The van der Waals surface area contributed by atoms with Gasteiger partial charge in [0.1, 0.15) is 0 Å². The lowest BCUT2D eigenvalue weighted by molar-refractivity contribution is 0.0988. The number of benzene rings is 1. The van der Waals surface area contributed by atoms with Gasteiger partial charge in [-0.2, -0.15) is 0 Å². The summed E-state index contributed by atoms with van der Waals surface area (Å²) in [5.41, 5.74) is 2.01. The minimum absolute atomic E-state index is 0.169. The zero-order valence-electron chi connectivity index (χ0n) is 16.6. The second-order valence-electron chi connectivity index (χ2n) is 7.68.